The fraction of sp³-hybridized carbons (Fsp3) is 0.625. The van der Waals surface area contributed by atoms with Crippen LogP contribution in [0.3, 0.4) is 0 Å². The van der Waals surface area contributed by atoms with Gasteiger partial charge in [-0.2, -0.15) is 0 Å². The van der Waals surface area contributed by atoms with Crippen LogP contribution in [0, 0.1) is 23.2 Å². The van der Waals surface area contributed by atoms with Crippen LogP contribution < -0.4 is 0 Å². The van der Waals surface area contributed by atoms with Crippen molar-refractivity contribution in [1.82, 2.24) is 10.0 Å². The molecule has 1 heterocycles. The van der Waals surface area contributed by atoms with E-state index in [1.165, 1.54) is 12.1 Å². The predicted octanol–water partition coefficient (Wildman–Crippen LogP) is 3.53. The number of benzene rings is 1. The lowest BCUT2D eigenvalue weighted by molar-refractivity contribution is -0.242. The molecule has 6 rings (SSSR count). The first-order chi connectivity index (χ1) is 14.8. The average molecular weight is 427 g/mol. The van der Waals surface area contributed by atoms with Crippen LogP contribution in [-0.2, 0) is 25.7 Å². The van der Waals surface area contributed by atoms with Gasteiger partial charge in [0.1, 0.15) is 12.1 Å². The Kier molecular flexibility index (Phi) is 4.57. The molecule has 1 saturated heterocycles. The summed E-state index contributed by atoms with van der Waals surface area (Å²) in [7, 11) is 1.46. The van der Waals surface area contributed by atoms with Crippen LogP contribution in [0.5, 0.6) is 0 Å². The quantitative estimate of drug-likeness (QED) is 0.689. The van der Waals surface area contributed by atoms with E-state index in [2.05, 4.69) is 0 Å². The molecule has 4 bridgehead atoms. The van der Waals surface area contributed by atoms with Crippen molar-refractivity contribution >= 4 is 18.0 Å². The Balaban J connectivity index is 1.36. The highest BCUT2D eigenvalue weighted by Gasteiger charge is 2.66. The maximum atomic E-state index is 13.2. The van der Waals surface area contributed by atoms with Gasteiger partial charge in [-0.25, -0.2) is 14.8 Å². The molecule has 0 unspecified atom stereocenters. The molecular formula is C24H30N2O5. The zero-order chi connectivity index (χ0) is 22.0. The highest BCUT2D eigenvalue weighted by Crippen LogP contribution is 2.62. The largest absolute Gasteiger partial charge is 0.469 e. The van der Waals surface area contributed by atoms with Gasteiger partial charge in [0.15, 0.2) is 0 Å². The minimum absolute atomic E-state index is 0.0475. The Bertz CT molecular complexity index is 898. The number of hydrogen-bond acceptors (Lipinski definition) is 5. The molecule has 1 aromatic rings. The number of methoxy groups -OCH3 is 1. The first kappa shape index (κ1) is 20.3. The molecule has 4 aliphatic carbocycles. The Morgan fingerprint density at radius 1 is 1.06 bits per heavy atom. The fourth-order valence-corrected chi connectivity index (χ4v) is 6.92. The summed E-state index contributed by atoms with van der Waals surface area (Å²) >= 11 is 0. The summed E-state index contributed by atoms with van der Waals surface area (Å²) in [6.07, 6.45) is 3.85. The number of nitrogens with zero attached hydrogens (tertiary/aromatic N) is 2. The van der Waals surface area contributed by atoms with E-state index in [1.807, 2.05) is 30.3 Å². The van der Waals surface area contributed by atoms with Crippen molar-refractivity contribution < 1.29 is 23.9 Å². The van der Waals surface area contributed by atoms with E-state index >= 15 is 0 Å². The summed E-state index contributed by atoms with van der Waals surface area (Å²) in [5, 5.41) is 3.17. The molecule has 0 radical (unpaired) electrons. The predicted molar refractivity (Wildman–Crippen MR) is 111 cm³/mol. The Labute approximate surface area is 182 Å². The third-order valence-corrected chi connectivity index (χ3v) is 7.98. The first-order valence-electron chi connectivity index (χ1n) is 11.2. The fourth-order valence-electron chi connectivity index (χ4n) is 6.92. The van der Waals surface area contributed by atoms with Gasteiger partial charge in [-0.1, -0.05) is 30.3 Å². The van der Waals surface area contributed by atoms with E-state index in [9.17, 15) is 14.4 Å². The van der Waals surface area contributed by atoms with E-state index in [1.54, 1.807) is 18.9 Å². The van der Waals surface area contributed by atoms with Crippen molar-refractivity contribution in [3.8, 4) is 0 Å². The van der Waals surface area contributed by atoms with Gasteiger partial charge in [-0.3, -0.25) is 9.59 Å². The minimum Gasteiger partial charge on any atom is -0.469 e. The van der Waals surface area contributed by atoms with Crippen LogP contribution in [-0.4, -0.2) is 46.7 Å². The molecular weight excluding hydrogens is 396 g/mol. The molecule has 5 fully saturated rings. The number of hydrazine groups is 1. The van der Waals surface area contributed by atoms with Gasteiger partial charge in [-0.05, 0) is 69.3 Å². The Hall–Kier alpha value is -2.57. The zero-order valence-corrected chi connectivity index (χ0v) is 18.4. The summed E-state index contributed by atoms with van der Waals surface area (Å²) in [6, 6.07) is 9.47. The number of carbonyl (C=O) groups is 3. The number of amides is 2. The van der Waals surface area contributed by atoms with Gasteiger partial charge >= 0.3 is 12.1 Å². The van der Waals surface area contributed by atoms with Crippen LogP contribution in [0.25, 0.3) is 0 Å². The van der Waals surface area contributed by atoms with Crippen LogP contribution in [0.4, 0.5) is 4.79 Å². The van der Waals surface area contributed by atoms with Gasteiger partial charge in [0, 0.05) is 0 Å². The molecule has 31 heavy (non-hydrogen) atoms. The van der Waals surface area contributed by atoms with Gasteiger partial charge in [0.2, 0.25) is 0 Å². The van der Waals surface area contributed by atoms with Crippen LogP contribution in [0.2, 0.25) is 0 Å². The van der Waals surface area contributed by atoms with Crippen molar-refractivity contribution in [3.63, 3.8) is 0 Å². The summed E-state index contributed by atoms with van der Waals surface area (Å²) in [5.41, 5.74) is -0.437. The molecule has 2 atom stereocenters. The number of carbonyl (C=O) groups excluding carboxylic acids is 3. The summed E-state index contributed by atoms with van der Waals surface area (Å²) in [4.78, 5) is 38.8. The van der Waals surface area contributed by atoms with Crippen LogP contribution in [0.1, 0.15) is 51.5 Å². The summed E-state index contributed by atoms with van der Waals surface area (Å²) < 4.78 is 10.7. The maximum Gasteiger partial charge on any atom is 0.430 e. The van der Waals surface area contributed by atoms with Gasteiger partial charge in [0.25, 0.3) is 5.91 Å². The van der Waals surface area contributed by atoms with E-state index in [-0.39, 0.29) is 36.4 Å². The first-order valence-corrected chi connectivity index (χ1v) is 11.2. The lowest BCUT2D eigenvalue weighted by Gasteiger charge is -2.65. The number of esters is 1. The molecule has 5 aliphatic rings. The van der Waals surface area contributed by atoms with Gasteiger partial charge in [-0.15, -0.1) is 0 Å². The van der Waals surface area contributed by atoms with Gasteiger partial charge < -0.3 is 9.47 Å². The number of hydrogen-bond donors (Lipinski definition) is 0. The highest BCUT2D eigenvalue weighted by molar-refractivity contribution is 5.96. The monoisotopic (exact) mass is 426 g/mol. The molecule has 2 amide bonds. The second-order valence-corrected chi connectivity index (χ2v) is 10.3. The van der Waals surface area contributed by atoms with Crippen molar-refractivity contribution in [3.05, 3.63) is 35.9 Å². The molecule has 7 nitrogen and oxygen atoms in total. The highest BCUT2D eigenvalue weighted by atomic mass is 16.6. The zero-order valence-electron chi connectivity index (χ0n) is 18.4. The molecule has 1 aliphatic heterocycles. The molecule has 7 heteroatoms. The van der Waals surface area contributed by atoms with Crippen LogP contribution >= 0.6 is 0 Å². The minimum atomic E-state index is -0.928. The Morgan fingerprint density at radius 3 is 2.32 bits per heavy atom. The lowest BCUT2D eigenvalue weighted by Crippen LogP contribution is -2.81. The SMILES string of the molecule is COC(=O)C12CC3C[C@@H](C1)C(N1C(=O)C(C)(C)N1C(=O)OCc1ccccc1)[C@@H](C3)C2. The second kappa shape index (κ2) is 6.97. The number of rotatable bonds is 4. The van der Waals surface area contributed by atoms with Crippen molar-refractivity contribution in [2.75, 3.05) is 7.11 Å². The van der Waals surface area contributed by atoms with Gasteiger partial charge in [0.05, 0.1) is 18.6 Å². The summed E-state index contributed by atoms with van der Waals surface area (Å²) in [6.45, 7) is 3.70. The second-order valence-electron chi connectivity index (χ2n) is 10.3. The third-order valence-electron chi connectivity index (χ3n) is 7.98. The van der Waals surface area contributed by atoms with Crippen molar-refractivity contribution in [2.45, 2.75) is 64.1 Å². The Morgan fingerprint density at radius 2 is 1.71 bits per heavy atom. The maximum absolute atomic E-state index is 13.2. The van der Waals surface area contributed by atoms with E-state index in [0.717, 1.165) is 37.7 Å². The molecule has 4 saturated carbocycles. The van der Waals surface area contributed by atoms with E-state index in [0.29, 0.717) is 5.92 Å². The molecule has 0 aromatic heterocycles. The number of ether oxygens (including phenoxy) is 2. The normalized spacial score (nSPS) is 35.0. The van der Waals surface area contributed by atoms with Crippen molar-refractivity contribution in [1.29, 1.82) is 0 Å². The van der Waals surface area contributed by atoms with Crippen LogP contribution in [0.15, 0.2) is 30.3 Å². The molecule has 0 spiro atoms. The van der Waals surface area contributed by atoms with E-state index in [4.69, 9.17) is 9.47 Å². The smallest absolute Gasteiger partial charge is 0.430 e. The van der Waals surface area contributed by atoms with E-state index < -0.39 is 17.0 Å². The topological polar surface area (TPSA) is 76.2 Å². The molecule has 0 N–H and O–H groups in total. The molecule has 166 valence electrons. The third kappa shape index (κ3) is 2.96. The average Bonchev–Trinajstić information content (AvgIpc) is 2.75. The standard InChI is InChI=1S/C24H30N2O5/c1-23(2)20(27)25(26(23)22(29)31-14-15-7-5-4-6-8-15)19-17-9-16-10-18(19)13-24(11-16,12-17)21(28)30-3/h4-8,16-19H,9-14H2,1-3H3/t16?,17-,18-,19?,24?/m0/s1. The van der Waals surface area contributed by atoms with Crippen molar-refractivity contribution in [2.24, 2.45) is 23.2 Å². The molecule has 1 aromatic carbocycles. The summed E-state index contributed by atoms with van der Waals surface area (Å²) in [5.74, 6) is 0.744. The lowest BCUT2D eigenvalue weighted by atomic mass is 9.47.